The predicted octanol–water partition coefficient (Wildman–Crippen LogP) is 2.39. The van der Waals surface area contributed by atoms with Crippen molar-refractivity contribution >= 4 is 23.5 Å². The number of pyridine rings is 1. The number of rotatable bonds is 5. The summed E-state index contributed by atoms with van der Waals surface area (Å²) in [7, 11) is 0. The summed E-state index contributed by atoms with van der Waals surface area (Å²) in [5.41, 5.74) is 2.39. The van der Waals surface area contributed by atoms with Crippen LogP contribution in [-0.2, 0) is 9.53 Å². The van der Waals surface area contributed by atoms with Gasteiger partial charge >= 0.3 is 5.97 Å². The van der Waals surface area contributed by atoms with Crippen LogP contribution in [0.4, 0.5) is 5.69 Å². The number of nitrogens with zero attached hydrogens (tertiary/aromatic N) is 1. The topological polar surface area (TPSA) is 107 Å². The fourth-order valence-electron chi connectivity index (χ4n) is 2.82. The maximum Gasteiger partial charge on any atom is 0.339 e. The molecule has 8 nitrogen and oxygen atoms in total. The summed E-state index contributed by atoms with van der Waals surface area (Å²) in [6.45, 7) is 5.45. The normalized spacial score (nSPS) is 13.6. The van der Waals surface area contributed by atoms with E-state index in [0.29, 0.717) is 22.7 Å². The van der Waals surface area contributed by atoms with E-state index >= 15 is 0 Å². The highest BCUT2D eigenvalue weighted by molar-refractivity contribution is 5.99. The Morgan fingerprint density at radius 2 is 2.14 bits per heavy atom. The van der Waals surface area contributed by atoms with Gasteiger partial charge in [-0.25, -0.2) is 4.79 Å². The van der Waals surface area contributed by atoms with E-state index in [1.54, 1.807) is 26.0 Å². The Kier molecular flexibility index (Phi) is 5.58. The van der Waals surface area contributed by atoms with E-state index in [0.717, 1.165) is 5.56 Å². The van der Waals surface area contributed by atoms with Gasteiger partial charge in [0, 0.05) is 6.20 Å². The third kappa shape index (κ3) is 4.11. The number of aromatic nitrogens is 1. The highest BCUT2D eigenvalue weighted by atomic mass is 16.5. The molecule has 3 rings (SSSR count). The lowest BCUT2D eigenvalue weighted by Gasteiger charge is -2.21. The van der Waals surface area contributed by atoms with Crippen molar-refractivity contribution in [2.24, 2.45) is 0 Å². The molecule has 2 aromatic rings. The number of carbonyl (C=O) groups is 3. The van der Waals surface area contributed by atoms with Crippen LogP contribution in [0.1, 0.15) is 51.9 Å². The van der Waals surface area contributed by atoms with Crippen LogP contribution in [0.5, 0.6) is 5.75 Å². The zero-order valence-electron chi connectivity index (χ0n) is 15.9. The van der Waals surface area contributed by atoms with Crippen molar-refractivity contribution in [3.63, 3.8) is 0 Å². The first-order valence-electron chi connectivity index (χ1n) is 8.90. The molecule has 0 spiro atoms. The number of aryl methyl sites for hydroxylation is 1. The van der Waals surface area contributed by atoms with Gasteiger partial charge in [-0.15, -0.1) is 0 Å². The number of hydrogen-bond donors (Lipinski definition) is 2. The molecule has 1 atom stereocenters. The average Bonchev–Trinajstić information content (AvgIpc) is 2.67. The van der Waals surface area contributed by atoms with Crippen LogP contribution in [0.2, 0.25) is 0 Å². The first-order chi connectivity index (χ1) is 13.4. The molecule has 28 heavy (non-hydrogen) atoms. The Hall–Kier alpha value is -3.42. The first-order valence-corrected chi connectivity index (χ1v) is 8.90. The van der Waals surface area contributed by atoms with Gasteiger partial charge in [0.25, 0.3) is 11.8 Å². The van der Waals surface area contributed by atoms with E-state index in [1.165, 1.54) is 12.3 Å². The van der Waals surface area contributed by atoms with Crippen molar-refractivity contribution in [1.82, 2.24) is 10.3 Å². The number of nitrogens with one attached hydrogen (secondary N) is 2. The molecule has 146 valence electrons. The van der Waals surface area contributed by atoms with Crippen LogP contribution in [0.3, 0.4) is 0 Å². The van der Waals surface area contributed by atoms with Crippen LogP contribution in [0, 0.1) is 6.92 Å². The first kappa shape index (κ1) is 19.3. The zero-order chi connectivity index (χ0) is 20.3. The molecule has 0 fully saturated rings. The number of fused-ring (bicyclic) bond motifs is 1. The smallest absolute Gasteiger partial charge is 0.339 e. The second kappa shape index (κ2) is 8.08. The molecule has 1 aliphatic heterocycles. The molecule has 0 aliphatic carbocycles. The Bertz CT molecular complexity index is 941. The van der Waals surface area contributed by atoms with E-state index in [9.17, 15) is 14.4 Å². The Morgan fingerprint density at radius 3 is 2.89 bits per heavy atom. The van der Waals surface area contributed by atoms with Gasteiger partial charge in [0.2, 0.25) is 0 Å². The summed E-state index contributed by atoms with van der Waals surface area (Å²) in [6, 6.07) is 6.46. The molecule has 1 aromatic carbocycles. The third-order valence-corrected chi connectivity index (χ3v) is 4.33. The van der Waals surface area contributed by atoms with Gasteiger partial charge in [-0.1, -0.05) is 6.07 Å². The largest absolute Gasteiger partial charge is 0.482 e. The molecule has 1 aliphatic rings. The average molecular weight is 383 g/mol. The summed E-state index contributed by atoms with van der Waals surface area (Å²) < 4.78 is 10.3. The molecule has 1 aromatic heterocycles. The third-order valence-electron chi connectivity index (χ3n) is 4.33. The van der Waals surface area contributed by atoms with Crippen molar-refractivity contribution in [3.05, 3.63) is 52.8 Å². The van der Waals surface area contributed by atoms with Gasteiger partial charge in [-0.3, -0.25) is 14.6 Å². The highest BCUT2D eigenvalue weighted by Crippen LogP contribution is 2.30. The van der Waals surface area contributed by atoms with Crippen molar-refractivity contribution in [2.45, 2.75) is 26.8 Å². The lowest BCUT2D eigenvalue weighted by molar-refractivity contribution is -0.118. The number of esters is 1. The van der Waals surface area contributed by atoms with Crippen molar-refractivity contribution in [1.29, 1.82) is 0 Å². The monoisotopic (exact) mass is 383 g/mol. The van der Waals surface area contributed by atoms with Gasteiger partial charge in [0.15, 0.2) is 6.61 Å². The predicted molar refractivity (Wildman–Crippen MR) is 101 cm³/mol. The maximum absolute atomic E-state index is 12.7. The minimum atomic E-state index is -0.525. The Morgan fingerprint density at radius 1 is 1.36 bits per heavy atom. The van der Waals surface area contributed by atoms with Crippen LogP contribution in [0.15, 0.2) is 30.5 Å². The molecule has 0 saturated carbocycles. The van der Waals surface area contributed by atoms with E-state index < -0.39 is 5.97 Å². The number of benzene rings is 1. The Labute approximate surface area is 162 Å². The number of ether oxygens (including phenoxy) is 2. The summed E-state index contributed by atoms with van der Waals surface area (Å²) >= 11 is 0. The number of hydrogen-bond acceptors (Lipinski definition) is 6. The van der Waals surface area contributed by atoms with E-state index in [-0.39, 0.29) is 36.6 Å². The van der Waals surface area contributed by atoms with E-state index in [4.69, 9.17) is 9.47 Å². The molecule has 2 heterocycles. The maximum atomic E-state index is 12.7. The fourth-order valence-corrected chi connectivity index (χ4v) is 2.82. The van der Waals surface area contributed by atoms with Gasteiger partial charge < -0.3 is 20.1 Å². The SMILES string of the molecule is CCOC(=O)c1cnc(C)c(C(=O)NC(C)c2ccc3c(c2)NC(=O)CO3)c1. The van der Waals surface area contributed by atoms with E-state index in [1.807, 2.05) is 13.0 Å². The molecule has 8 heteroatoms. The summed E-state index contributed by atoms with van der Waals surface area (Å²) in [5.74, 6) is -0.521. The number of anilines is 1. The second-order valence-corrected chi connectivity index (χ2v) is 6.37. The van der Waals surface area contributed by atoms with Crippen molar-refractivity contribution in [2.75, 3.05) is 18.5 Å². The molecule has 1 unspecified atom stereocenters. The quantitative estimate of drug-likeness (QED) is 0.768. The molecule has 2 N–H and O–H groups in total. The van der Waals surface area contributed by atoms with E-state index in [2.05, 4.69) is 15.6 Å². The molecular formula is C20H21N3O5. The van der Waals surface area contributed by atoms with Gasteiger partial charge in [0.05, 0.1) is 35.2 Å². The van der Waals surface area contributed by atoms with Gasteiger partial charge in [0.1, 0.15) is 5.75 Å². The minimum absolute atomic E-state index is 0.0122. The lowest BCUT2D eigenvalue weighted by Crippen LogP contribution is -2.29. The van der Waals surface area contributed by atoms with Crippen LogP contribution < -0.4 is 15.4 Å². The standard InChI is InChI=1S/C20H21N3O5/c1-4-27-20(26)14-7-15(12(3)21-9-14)19(25)22-11(2)13-5-6-17-16(8-13)23-18(24)10-28-17/h5-9,11H,4,10H2,1-3H3,(H,22,25)(H,23,24). The van der Waals surface area contributed by atoms with Gasteiger partial charge in [-0.2, -0.15) is 0 Å². The number of amides is 2. The molecule has 0 saturated heterocycles. The lowest BCUT2D eigenvalue weighted by atomic mass is 10.1. The van der Waals surface area contributed by atoms with Crippen LogP contribution in [0.25, 0.3) is 0 Å². The summed E-state index contributed by atoms with van der Waals surface area (Å²) in [4.78, 5) is 40.2. The summed E-state index contributed by atoms with van der Waals surface area (Å²) in [5, 5.41) is 5.63. The Balaban J connectivity index is 1.77. The zero-order valence-corrected chi connectivity index (χ0v) is 15.9. The van der Waals surface area contributed by atoms with Gasteiger partial charge in [-0.05, 0) is 44.5 Å². The van der Waals surface area contributed by atoms with Crippen LogP contribution >= 0.6 is 0 Å². The fraction of sp³-hybridized carbons (Fsp3) is 0.300. The minimum Gasteiger partial charge on any atom is -0.482 e. The number of carbonyl (C=O) groups excluding carboxylic acids is 3. The molecule has 0 bridgehead atoms. The van der Waals surface area contributed by atoms with Crippen LogP contribution in [-0.4, -0.2) is 36.0 Å². The molecule has 2 amide bonds. The second-order valence-electron chi connectivity index (χ2n) is 6.37. The highest BCUT2D eigenvalue weighted by Gasteiger charge is 2.20. The summed E-state index contributed by atoms with van der Waals surface area (Å²) in [6.07, 6.45) is 1.39. The molecular weight excluding hydrogens is 362 g/mol. The van der Waals surface area contributed by atoms with Crippen molar-refractivity contribution < 1.29 is 23.9 Å². The van der Waals surface area contributed by atoms with Crippen molar-refractivity contribution in [3.8, 4) is 5.75 Å². The molecule has 0 radical (unpaired) electrons.